The van der Waals surface area contributed by atoms with Crippen LogP contribution in [0.4, 0.5) is 0 Å². The van der Waals surface area contributed by atoms with Crippen molar-refractivity contribution in [2.45, 2.75) is 51.4 Å². The first-order chi connectivity index (χ1) is 15.4. The molecule has 0 saturated heterocycles. The molecule has 4 rings (SSSR count). The van der Waals surface area contributed by atoms with Gasteiger partial charge in [-0.2, -0.15) is 0 Å². The molecule has 2 aromatic heterocycles. The maximum Gasteiger partial charge on any atom is 0.316 e. The average molecular weight is 473 g/mol. The summed E-state index contributed by atoms with van der Waals surface area (Å²) in [6.45, 7) is 6.34. The lowest BCUT2D eigenvalue weighted by Crippen LogP contribution is -2.16. The monoisotopic (exact) mass is 472 g/mol. The molecule has 1 fully saturated rings. The molecule has 0 radical (unpaired) electrons. The fourth-order valence-corrected chi connectivity index (χ4v) is 4.76. The van der Waals surface area contributed by atoms with E-state index in [2.05, 4.69) is 14.8 Å². The molecular weight excluding hydrogens is 448 g/mol. The Morgan fingerprint density at radius 3 is 2.56 bits per heavy atom. The molecule has 0 spiro atoms. The number of rotatable bonds is 9. The highest BCUT2D eigenvalue weighted by Crippen LogP contribution is 2.38. The van der Waals surface area contributed by atoms with E-state index in [0.29, 0.717) is 34.2 Å². The Labute approximate surface area is 196 Å². The van der Waals surface area contributed by atoms with Gasteiger partial charge in [-0.3, -0.25) is 9.59 Å². The van der Waals surface area contributed by atoms with Crippen molar-refractivity contribution in [2.24, 2.45) is 0 Å². The van der Waals surface area contributed by atoms with Crippen LogP contribution in [0, 0.1) is 13.8 Å². The van der Waals surface area contributed by atoms with Gasteiger partial charge in [0, 0.05) is 40.1 Å². The van der Waals surface area contributed by atoms with E-state index in [1.54, 1.807) is 12.1 Å². The van der Waals surface area contributed by atoms with Crippen LogP contribution in [0.1, 0.15) is 47.6 Å². The highest BCUT2D eigenvalue weighted by Gasteiger charge is 2.28. The normalized spacial score (nSPS) is 13.4. The van der Waals surface area contributed by atoms with E-state index in [0.717, 1.165) is 29.8 Å². The zero-order valence-corrected chi connectivity index (χ0v) is 19.9. The van der Waals surface area contributed by atoms with Crippen molar-refractivity contribution < 1.29 is 14.3 Å². The third kappa shape index (κ3) is 4.76. The number of carbonyl (C=O) groups excluding carboxylic acids is 2. The first kappa shape index (κ1) is 22.6. The summed E-state index contributed by atoms with van der Waals surface area (Å²) in [5, 5.41) is 9.74. The molecule has 7 nitrogen and oxygen atoms in total. The number of aryl methyl sites for hydroxylation is 1. The highest BCUT2D eigenvalue weighted by atomic mass is 35.5. The largest absolute Gasteiger partial charge is 0.457 e. The zero-order valence-electron chi connectivity index (χ0n) is 18.3. The van der Waals surface area contributed by atoms with Crippen LogP contribution in [-0.4, -0.2) is 43.4 Å². The van der Waals surface area contributed by atoms with Gasteiger partial charge < -0.3 is 13.9 Å². The molecule has 0 aliphatic heterocycles. The van der Waals surface area contributed by atoms with E-state index in [-0.39, 0.29) is 18.1 Å². The molecule has 0 atom stereocenters. The summed E-state index contributed by atoms with van der Waals surface area (Å²) >= 11 is 7.21. The molecule has 32 heavy (non-hydrogen) atoms. The van der Waals surface area contributed by atoms with Crippen molar-refractivity contribution in [2.75, 3.05) is 12.4 Å². The van der Waals surface area contributed by atoms with Crippen LogP contribution in [-0.2, 0) is 16.1 Å². The number of carbonyl (C=O) groups is 2. The minimum absolute atomic E-state index is 0.0487. The van der Waals surface area contributed by atoms with Gasteiger partial charge in [0.05, 0.1) is 5.75 Å². The minimum Gasteiger partial charge on any atom is -0.457 e. The Bertz CT molecular complexity index is 1150. The minimum atomic E-state index is -0.460. The number of aromatic nitrogens is 4. The molecule has 9 heteroatoms. The summed E-state index contributed by atoms with van der Waals surface area (Å²) in [4.78, 5) is 24.9. The summed E-state index contributed by atoms with van der Waals surface area (Å²) in [7, 11) is 0. The Kier molecular flexibility index (Phi) is 6.71. The molecule has 0 bridgehead atoms. The molecule has 1 aromatic carbocycles. The second kappa shape index (κ2) is 9.50. The van der Waals surface area contributed by atoms with Crippen LogP contribution < -0.4 is 0 Å². The second-order valence-corrected chi connectivity index (χ2v) is 9.19. The number of Topliss-reactive ketones (excluding diaryl/α,β-unsaturated/α-hetero) is 1. The Balaban J connectivity index is 1.34. The van der Waals surface area contributed by atoms with Gasteiger partial charge in [-0.15, -0.1) is 10.2 Å². The van der Waals surface area contributed by atoms with Crippen molar-refractivity contribution >= 4 is 35.1 Å². The maximum absolute atomic E-state index is 12.6. The highest BCUT2D eigenvalue weighted by molar-refractivity contribution is 7.99. The predicted molar refractivity (Wildman–Crippen MR) is 124 cm³/mol. The Morgan fingerprint density at radius 2 is 1.91 bits per heavy atom. The van der Waals surface area contributed by atoms with Gasteiger partial charge in [-0.1, -0.05) is 23.4 Å². The number of benzene rings is 1. The van der Waals surface area contributed by atoms with E-state index >= 15 is 0 Å². The predicted octanol–water partition coefficient (Wildman–Crippen LogP) is 4.89. The number of nitrogens with zero attached hydrogens (tertiary/aromatic N) is 4. The number of esters is 1. The lowest BCUT2D eigenvalue weighted by atomic mass is 10.1. The summed E-state index contributed by atoms with van der Waals surface area (Å²) in [5.41, 5.74) is 3.55. The van der Waals surface area contributed by atoms with Gasteiger partial charge in [0.2, 0.25) is 5.78 Å². The smallest absolute Gasteiger partial charge is 0.316 e. The summed E-state index contributed by atoms with van der Waals surface area (Å²) in [6.07, 6.45) is 2.30. The van der Waals surface area contributed by atoms with Crippen LogP contribution in [0.15, 0.2) is 35.5 Å². The van der Waals surface area contributed by atoms with Crippen molar-refractivity contribution in [3.8, 4) is 11.4 Å². The average Bonchev–Trinajstić information content (AvgIpc) is 3.45. The maximum atomic E-state index is 12.6. The van der Waals surface area contributed by atoms with Gasteiger partial charge >= 0.3 is 5.97 Å². The van der Waals surface area contributed by atoms with Crippen molar-refractivity contribution in [3.05, 3.63) is 52.3 Å². The van der Waals surface area contributed by atoms with E-state index in [1.165, 1.54) is 11.8 Å². The third-order valence-corrected chi connectivity index (χ3v) is 6.71. The molecule has 0 unspecified atom stereocenters. The van der Waals surface area contributed by atoms with Crippen LogP contribution in [0.25, 0.3) is 11.4 Å². The van der Waals surface area contributed by atoms with Gasteiger partial charge in [-0.25, -0.2) is 0 Å². The number of ether oxygens (including phenoxy) is 1. The fourth-order valence-electron chi connectivity index (χ4n) is 3.84. The molecule has 1 aliphatic rings. The lowest BCUT2D eigenvalue weighted by molar-refractivity contribution is -0.139. The molecule has 168 valence electrons. The summed E-state index contributed by atoms with van der Waals surface area (Å²) in [5.74, 6) is 0.122. The number of ketones is 1. The Morgan fingerprint density at radius 1 is 1.19 bits per heavy atom. The van der Waals surface area contributed by atoms with E-state index in [1.807, 2.05) is 43.5 Å². The van der Waals surface area contributed by atoms with E-state index in [9.17, 15) is 9.59 Å². The summed E-state index contributed by atoms with van der Waals surface area (Å²) in [6, 6.07) is 9.76. The van der Waals surface area contributed by atoms with E-state index in [4.69, 9.17) is 16.3 Å². The molecular formula is C23H25ClN4O3S. The molecule has 3 aromatic rings. The van der Waals surface area contributed by atoms with Gasteiger partial charge in [-0.05, 0) is 63.9 Å². The zero-order chi connectivity index (χ0) is 22.8. The third-order valence-electron chi connectivity index (χ3n) is 5.52. The molecule has 0 N–H and O–H groups in total. The standard InChI is InChI=1S/C23H25ClN4O3S/c1-4-27-22(16-5-7-17(24)8-6-16)25-26-23(27)32-13-21(30)31-12-20(29)19-11-14(2)28(15(19)3)18-9-10-18/h5-8,11,18H,4,9-10,12-13H2,1-3H3. The van der Waals surface area contributed by atoms with Crippen LogP contribution in [0.3, 0.4) is 0 Å². The summed E-state index contributed by atoms with van der Waals surface area (Å²) < 4.78 is 9.39. The number of thioether (sulfide) groups is 1. The quantitative estimate of drug-likeness (QED) is 0.250. The van der Waals surface area contributed by atoms with Crippen LogP contribution in [0.2, 0.25) is 5.02 Å². The molecule has 0 amide bonds. The van der Waals surface area contributed by atoms with Gasteiger partial charge in [0.1, 0.15) is 0 Å². The van der Waals surface area contributed by atoms with Crippen molar-refractivity contribution in [1.82, 2.24) is 19.3 Å². The number of halogens is 1. The SMILES string of the molecule is CCn1c(SCC(=O)OCC(=O)c2cc(C)n(C3CC3)c2C)nnc1-c1ccc(Cl)cc1. The lowest BCUT2D eigenvalue weighted by Gasteiger charge is -2.08. The van der Waals surface area contributed by atoms with Crippen LogP contribution >= 0.6 is 23.4 Å². The first-order valence-corrected chi connectivity index (χ1v) is 11.9. The van der Waals surface area contributed by atoms with Crippen molar-refractivity contribution in [1.29, 1.82) is 0 Å². The second-order valence-electron chi connectivity index (χ2n) is 7.82. The molecule has 1 saturated carbocycles. The molecule has 2 heterocycles. The van der Waals surface area contributed by atoms with E-state index < -0.39 is 5.97 Å². The van der Waals surface area contributed by atoms with Gasteiger partial charge in [0.25, 0.3) is 0 Å². The Hall–Kier alpha value is -2.58. The van der Waals surface area contributed by atoms with Crippen LogP contribution in [0.5, 0.6) is 0 Å². The topological polar surface area (TPSA) is 79.0 Å². The van der Waals surface area contributed by atoms with Gasteiger partial charge in [0.15, 0.2) is 17.6 Å². The fraction of sp³-hybridized carbons (Fsp3) is 0.391. The number of hydrogen-bond acceptors (Lipinski definition) is 6. The first-order valence-electron chi connectivity index (χ1n) is 10.6. The number of hydrogen-bond donors (Lipinski definition) is 0. The molecule has 1 aliphatic carbocycles. The van der Waals surface area contributed by atoms with Crippen molar-refractivity contribution in [3.63, 3.8) is 0 Å².